The van der Waals surface area contributed by atoms with Gasteiger partial charge in [0.05, 0.1) is 0 Å². The Bertz CT molecular complexity index is 494. The molecule has 0 saturated carbocycles. The Labute approximate surface area is 98.7 Å². The van der Waals surface area contributed by atoms with E-state index < -0.39 is 0 Å². The van der Waals surface area contributed by atoms with Crippen molar-refractivity contribution in [1.82, 2.24) is 0 Å². The Hall–Kier alpha value is -1.38. The molecular weight excluding hydrogens is 225 g/mol. The van der Waals surface area contributed by atoms with Crippen molar-refractivity contribution in [3.8, 4) is 11.1 Å². The van der Waals surface area contributed by atoms with Crippen LogP contribution in [0.2, 0.25) is 5.02 Å². The Morgan fingerprint density at radius 2 is 1.62 bits per heavy atom. The van der Waals surface area contributed by atoms with Crippen LogP contribution in [0.4, 0.5) is 4.39 Å². The van der Waals surface area contributed by atoms with E-state index in [2.05, 4.69) is 0 Å². The number of nitrogens with two attached hydrogens (primary N) is 1. The predicted molar refractivity (Wildman–Crippen MR) is 64.7 cm³/mol. The lowest BCUT2D eigenvalue weighted by Crippen LogP contribution is -1.99. The molecule has 0 unspecified atom stereocenters. The van der Waals surface area contributed by atoms with Crippen molar-refractivity contribution < 1.29 is 4.39 Å². The first kappa shape index (κ1) is 11.1. The molecule has 3 heteroatoms. The van der Waals surface area contributed by atoms with Gasteiger partial charge >= 0.3 is 0 Å². The fourth-order valence-electron chi connectivity index (χ4n) is 1.53. The van der Waals surface area contributed by atoms with Crippen LogP contribution < -0.4 is 5.73 Å². The molecule has 0 aliphatic heterocycles. The topological polar surface area (TPSA) is 26.0 Å². The summed E-state index contributed by atoms with van der Waals surface area (Å²) in [6, 6.07) is 12.3. The van der Waals surface area contributed by atoms with E-state index in [1.807, 2.05) is 18.2 Å². The maximum absolute atomic E-state index is 13.5. The van der Waals surface area contributed by atoms with E-state index >= 15 is 0 Å². The molecule has 0 aliphatic rings. The maximum atomic E-state index is 13.5. The highest BCUT2D eigenvalue weighted by Gasteiger charge is 2.03. The number of rotatable bonds is 2. The second-order valence-corrected chi connectivity index (χ2v) is 3.95. The van der Waals surface area contributed by atoms with Gasteiger partial charge in [-0.1, -0.05) is 35.9 Å². The van der Waals surface area contributed by atoms with Crippen LogP contribution in [0.25, 0.3) is 11.1 Å². The minimum absolute atomic E-state index is 0.215. The van der Waals surface area contributed by atoms with Crippen molar-refractivity contribution in [3.63, 3.8) is 0 Å². The lowest BCUT2D eigenvalue weighted by atomic mass is 10.0. The zero-order valence-electron chi connectivity index (χ0n) is 8.58. The molecule has 0 heterocycles. The van der Waals surface area contributed by atoms with Crippen LogP contribution in [0.5, 0.6) is 0 Å². The average molecular weight is 236 g/mol. The lowest BCUT2D eigenvalue weighted by molar-refractivity contribution is 0.611. The third-order valence-corrected chi connectivity index (χ3v) is 2.70. The predicted octanol–water partition coefficient (Wildman–Crippen LogP) is 3.60. The van der Waals surface area contributed by atoms with Gasteiger partial charge in [-0.15, -0.1) is 0 Å². The summed E-state index contributed by atoms with van der Waals surface area (Å²) in [4.78, 5) is 0. The monoisotopic (exact) mass is 235 g/mol. The molecule has 0 bridgehead atoms. The fourth-order valence-corrected chi connectivity index (χ4v) is 1.66. The molecular formula is C13H11ClFN. The van der Waals surface area contributed by atoms with E-state index in [1.165, 1.54) is 6.07 Å². The molecule has 1 nitrogen and oxygen atoms in total. The number of hydrogen-bond donors (Lipinski definition) is 1. The summed E-state index contributed by atoms with van der Waals surface area (Å²) >= 11 is 5.79. The van der Waals surface area contributed by atoms with E-state index in [9.17, 15) is 4.39 Å². The first-order chi connectivity index (χ1) is 7.70. The van der Waals surface area contributed by atoms with Crippen molar-refractivity contribution >= 4 is 11.6 Å². The molecule has 2 N–H and O–H groups in total. The van der Waals surface area contributed by atoms with Gasteiger partial charge in [-0.25, -0.2) is 4.39 Å². The van der Waals surface area contributed by atoms with Crippen molar-refractivity contribution in [2.75, 3.05) is 0 Å². The molecule has 16 heavy (non-hydrogen) atoms. The Balaban J connectivity index is 2.41. The molecule has 0 radical (unpaired) electrons. The highest BCUT2D eigenvalue weighted by Crippen LogP contribution is 2.23. The van der Waals surface area contributed by atoms with Crippen LogP contribution in [-0.2, 0) is 6.54 Å². The number of benzene rings is 2. The summed E-state index contributed by atoms with van der Waals surface area (Å²) in [6.07, 6.45) is 0. The van der Waals surface area contributed by atoms with E-state index in [0.29, 0.717) is 10.6 Å². The maximum Gasteiger partial charge on any atom is 0.128 e. The van der Waals surface area contributed by atoms with Gasteiger partial charge in [0, 0.05) is 17.1 Å². The SMILES string of the molecule is NCc1ccc(-c2ccc(Cl)cc2)cc1F. The van der Waals surface area contributed by atoms with E-state index in [-0.39, 0.29) is 12.4 Å². The quantitative estimate of drug-likeness (QED) is 0.846. The summed E-state index contributed by atoms with van der Waals surface area (Å²) in [5.41, 5.74) is 7.69. The summed E-state index contributed by atoms with van der Waals surface area (Å²) in [5.74, 6) is -0.269. The van der Waals surface area contributed by atoms with Gasteiger partial charge in [0.25, 0.3) is 0 Å². The third-order valence-electron chi connectivity index (χ3n) is 2.45. The minimum Gasteiger partial charge on any atom is -0.326 e. The summed E-state index contributed by atoms with van der Waals surface area (Å²) in [5, 5.41) is 0.669. The first-order valence-corrected chi connectivity index (χ1v) is 5.33. The third kappa shape index (κ3) is 2.23. The highest BCUT2D eigenvalue weighted by atomic mass is 35.5. The molecule has 0 aromatic heterocycles. The Morgan fingerprint density at radius 3 is 2.19 bits per heavy atom. The zero-order chi connectivity index (χ0) is 11.5. The van der Waals surface area contributed by atoms with Gasteiger partial charge in [-0.3, -0.25) is 0 Å². The van der Waals surface area contributed by atoms with Crippen LogP contribution in [0.3, 0.4) is 0 Å². The second kappa shape index (κ2) is 4.64. The molecule has 0 fully saturated rings. The Kier molecular flexibility index (Phi) is 3.22. The van der Waals surface area contributed by atoms with E-state index in [0.717, 1.165) is 11.1 Å². The van der Waals surface area contributed by atoms with Crippen molar-refractivity contribution in [2.45, 2.75) is 6.54 Å². The molecule has 2 aromatic carbocycles. The molecule has 0 saturated heterocycles. The molecule has 0 atom stereocenters. The van der Waals surface area contributed by atoms with Crippen LogP contribution in [0, 0.1) is 5.82 Å². The van der Waals surface area contributed by atoms with Crippen molar-refractivity contribution in [2.24, 2.45) is 5.73 Å². The normalized spacial score (nSPS) is 10.4. The molecule has 0 aliphatic carbocycles. The largest absolute Gasteiger partial charge is 0.326 e. The Morgan fingerprint density at radius 1 is 1.00 bits per heavy atom. The van der Waals surface area contributed by atoms with Crippen LogP contribution in [0.15, 0.2) is 42.5 Å². The minimum atomic E-state index is -0.269. The molecule has 0 spiro atoms. The number of halogens is 2. The van der Waals surface area contributed by atoms with Gasteiger partial charge < -0.3 is 5.73 Å². The summed E-state index contributed by atoms with van der Waals surface area (Å²) in [7, 11) is 0. The van der Waals surface area contributed by atoms with Crippen LogP contribution in [0.1, 0.15) is 5.56 Å². The fraction of sp³-hybridized carbons (Fsp3) is 0.0769. The van der Waals surface area contributed by atoms with Gasteiger partial charge in [0.1, 0.15) is 5.82 Å². The molecule has 82 valence electrons. The summed E-state index contributed by atoms with van der Waals surface area (Å²) < 4.78 is 13.5. The first-order valence-electron chi connectivity index (χ1n) is 4.95. The smallest absolute Gasteiger partial charge is 0.128 e. The molecule has 2 aromatic rings. The van der Waals surface area contributed by atoms with Gasteiger partial charge in [-0.05, 0) is 29.3 Å². The average Bonchev–Trinajstić information content (AvgIpc) is 2.30. The summed E-state index contributed by atoms with van der Waals surface area (Å²) in [6.45, 7) is 0.215. The van der Waals surface area contributed by atoms with Crippen molar-refractivity contribution in [3.05, 3.63) is 58.9 Å². The van der Waals surface area contributed by atoms with Crippen LogP contribution >= 0.6 is 11.6 Å². The second-order valence-electron chi connectivity index (χ2n) is 3.52. The van der Waals surface area contributed by atoms with Gasteiger partial charge in [-0.2, -0.15) is 0 Å². The number of hydrogen-bond acceptors (Lipinski definition) is 1. The van der Waals surface area contributed by atoms with Gasteiger partial charge in [0.2, 0.25) is 0 Å². The lowest BCUT2D eigenvalue weighted by Gasteiger charge is -2.05. The molecule has 0 amide bonds. The molecule has 2 rings (SSSR count). The van der Waals surface area contributed by atoms with Crippen LogP contribution in [-0.4, -0.2) is 0 Å². The zero-order valence-corrected chi connectivity index (χ0v) is 9.34. The standard InChI is InChI=1S/C13H11ClFN/c14-12-5-3-9(4-6-12)10-1-2-11(8-16)13(15)7-10/h1-7H,8,16H2. The van der Waals surface area contributed by atoms with Crippen molar-refractivity contribution in [1.29, 1.82) is 0 Å². The highest BCUT2D eigenvalue weighted by molar-refractivity contribution is 6.30. The van der Waals surface area contributed by atoms with E-state index in [4.69, 9.17) is 17.3 Å². The van der Waals surface area contributed by atoms with E-state index in [1.54, 1.807) is 18.2 Å². The van der Waals surface area contributed by atoms with Gasteiger partial charge in [0.15, 0.2) is 0 Å².